The van der Waals surface area contributed by atoms with E-state index in [4.69, 9.17) is 10.5 Å². The van der Waals surface area contributed by atoms with Gasteiger partial charge >= 0.3 is 0 Å². The molecule has 2 aromatic carbocycles. The first-order chi connectivity index (χ1) is 9.51. The SMILES string of the molecule is COc1cc(NC(=O)c2ccc(C)cc2C)ccc1N. The largest absolute Gasteiger partial charge is 0.495 e. The predicted octanol–water partition coefficient (Wildman–Crippen LogP) is 3.15. The molecule has 2 rings (SSSR count). The summed E-state index contributed by atoms with van der Waals surface area (Å²) in [6.07, 6.45) is 0. The van der Waals surface area contributed by atoms with E-state index in [1.54, 1.807) is 25.3 Å². The van der Waals surface area contributed by atoms with E-state index in [9.17, 15) is 4.79 Å². The highest BCUT2D eigenvalue weighted by Crippen LogP contribution is 2.25. The van der Waals surface area contributed by atoms with E-state index < -0.39 is 0 Å². The third kappa shape index (κ3) is 2.91. The van der Waals surface area contributed by atoms with Crippen molar-refractivity contribution in [2.24, 2.45) is 0 Å². The summed E-state index contributed by atoms with van der Waals surface area (Å²) in [5.41, 5.74) is 9.68. The molecule has 0 spiro atoms. The first kappa shape index (κ1) is 13.9. The summed E-state index contributed by atoms with van der Waals surface area (Å²) in [4.78, 5) is 12.2. The average molecular weight is 270 g/mol. The van der Waals surface area contributed by atoms with Crippen LogP contribution in [-0.4, -0.2) is 13.0 Å². The number of carbonyl (C=O) groups is 1. The van der Waals surface area contributed by atoms with Gasteiger partial charge in [-0.2, -0.15) is 0 Å². The summed E-state index contributed by atoms with van der Waals surface area (Å²) >= 11 is 0. The van der Waals surface area contributed by atoms with Crippen molar-refractivity contribution in [3.05, 3.63) is 53.1 Å². The first-order valence-electron chi connectivity index (χ1n) is 6.33. The third-order valence-corrected chi connectivity index (χ3v) is 3.12. The van der Waals surface area contributed by atoms with Crippen molar-refractivity contribution in [1.82, 2.24) is 0 Å². The first-order valence-corrected chi connectivity index (χ1v) is 6.33. The second-order valence-electron chi connectivity index (χ2n) is 4.73. The highest BCUT2D eigenvalue weighted by molar-refractivity contribution is 6.05. The molecule has 3 N–H and O–H groups in total. The molecule has 0 aliphatic rings. The van der Waals surface area contributed by atoms with E-state index in [2.05, 4.69) is 5.32 Å². The second kappa shape index (κ2) is 5.65. The van der Waals surface area contributed by atoms with E-state index >= 15 is 0 Å². The topological polar surface area (TPSA) is 64.3 Å². The highest BCUT2D eigenvalue weighted by Gasteiger charge is 2.10. The summed E-state index contributed by atoms with van der Waals surface area (Å²) in [6, 6.07) is 10.9. The van der Waals surface area contributed by atoms with Crippen molar-refractivity contribution in [1.29, 1.82) is 0 Å². The Morgan fingerprint density at radius 3 is 2.55 bits per heavy atom. The number of aryl methyl sites for hydroxylation is 2. The van der Waals surface area contributed by atoms with Crippen LogP contribution >= 0.6 is 0 Å². The lowest BCUT2D eigenvalue weighted by Crippen LogP contribution is -2.13. The molecule has 0 heterocycles. The second-order valence-corrected chi connectivity index (χ2v) is 4.73. The third-order valence-electron chi connectivity index (χ3n) is 3.12. The van der Waals surface area contributed by atoms with Gasteiger partial charge in [0.25, 0.3) is 5.91 Å². The van der Waals surface area contributed by atoms with Crippen LogP contribution in [-0.2, 0) is 0 Å². The van der Waals surface area contributed by atoms with Crippen LogP contribution in [0.25, 0.3) is 0 Å². The van der Waals surface area contributed by atoms with Crippen molar-refractivity contribution in [3.63, 3.8) is 0 Å². The van der Waals surface area contributed by atoms with Gasteiger partial charge < -0.3 is 15.8 Å². The van der Waals surface area contributed by atoms with E-state index in [0.29, 0.717) is 22.7 Å². The van der Waals surface area contributed by atoms with Crippen molar-refractivity contribution in [2.45, 2.75) is 13.8 Å². The fraction of sp³-hybridized carbons (Fsp3) is 0.188. The molecule has 0 atom stereocenters. The molecule has 1 amide bonds. The Morgan fingerprint density at radius 1 is 1.15 bits per heavy atom. The molecule has 0 bridgehead atoms. The minimum atomic E-state index is -0.144. The van der Waals surface area contributed by atoms with Crippen molar-refractivity contribution in [3.8, 4) is 5.75 Å². The van der Waals surface area contributed by atoms with E-state index in [1.807, 2.05) is 32.0 Å². The van der Waals surface area contributed by atoms with Gasteiger partial charge in [-0.05, 0) is 37.6 Å². The van der Waals surface area contributed by atoms with Crippen LogP contribution in [0.4, 0.5) is 11.4 Å². The zero-order valence-corrected chi connectivity index (χ0v) is 11.9. The smallest absolute Gasteiger partial charge is 0.255 e. The number of amides is 1. The molecule has 20 heavy (non-hydrogen) atoms. The van der Waals surface area contributed by atoms with Crippen LogP contribution in [0.2, 0.25) is 0 Å². The number of ether oxygens (including phenoxy) is 1. The number of hydrogen-bond acceptors (Lipinski definition) is 3. The van der Waals surface area contributed by atoms with Gasteiger partial charge in [0.1, 0.15) is 5.75 Å². The molecule has 0 aromatic heterocycles. The molecule has 0 aliphatic heterocycles. The molecule has 104 valence electrons. The molecular weight excluding hydrogens is 252 g/mol. The molecule has 0 aliphatic carbocycles. The molecule has 0 saturated carbocycles. The quantitative estimate of drug-likeness (QED) is 0.842. The number of benzene rings is 2. The van der Waals surface area contributed by atoms with E-state index in [0.717, 1.165) is 11.1 Å². The monoisotopic (exact) mass is 270 g/mol. The maximum absolute atomic E-state index is 12.2. The number of anilines is 2. The number of carbonyl (C=O) groups excluding carboxylic acids is 1. The minimum Gasteiger partial charge on any atom is -0.495 e. The van der Waals surface area contributed by atoms with Gasteiger partial charge in [-0.3, -0.25) is 4.79 Å². The highest BCUT2D eigenvalue weighted by atomic mass is 16.5. The van der Waals surface area contributed by atoms with Crippen LogP contribution in [0.5, 0.6) is 5.75 Å². The predicted molar refractivity (Wildman–Crippen MR) is 81.3 cm³/mol. The number of hydrogen-bond donors (Lipinski definition) is 2. The van der Waals surface area contributed by atoms with E-state index in [1.165, 1.54) is 0 Å². The molecule has 4 heteroatoms. The van der Waals surface area contributed by atoms with Gasteiger partial charge in [-0.15, -0.1) is 0 Å². The normalized spacial score (nSPS) is 10.2. The number of methoxy groups -OCH3 is 1. The lowest BCUT2D eigenvalue weighted by molar-refractivity contribution is 0.102. The fourth-order valence-corrected chi connectivity index (χ4v) is 2.06. The van der Waals surface area contributed by atoms with Gasteiger partial charge in [0.2, 0.25) is 0 Å². The molecular formula is C16H18N2O2. The molecule has 0 unspecified atom stereocenters. The summed E-state index contributed by atoms with van der Waals surface area (Å²) in [7, 11) is 1.54. The Labute approximate surface area is 118 Å². The van der Waals surface area contributed by atoms with Gasteiger partial charge in [-0.1, -0.05) is 17.7 Å². The Bertz CT molecular complexity index is 651. The zero-order valence-electron chi connectivity index (χ0n) is 11.9. The van der Waals surface area contributed by atoms with Gasteiger partial charge in [-0.25, -0.2) is 0 Å². The summed E-state index contributed by atoms with van der Waals surface area (Å²) < 4.78 is 5.14. The number of nitrogen functional groups attached to an aromatic ring is 1. The van der Waals surface area contributed by atoms with Gasteiger partial charge in [0.15, 0.2) is 0 Å². The molecule has 0 saturated heterocycles. The van der Waals surface area contributed by atoms with E-state index in [-0.39, 0.29) is 5.91 Å². The number of nitrogens with one attached hydrogen (secondary N) is 1. The average Bonchev–Trinajstić information content (AvgIpc) is 2.40. The van der Waals surface area contributed by atoms with Crippen LogP contribution < -0.4 is 15.8 Å². The van der Waals surface area contributed by atoms with Crippen LogP contribution in [0.1, 0.15) is 21.5 Å². The summed E-state index contributed by atoms with van der Waals surface area (Å²) in [5.74, 6) is 0.401. The van der Waals surface area contributed by atoms with Gasteiger partial charge in [0.05, 0.1) is 12.8 Å². The maximum atomic E-state index is 12.2. The fourth-order valence-electron chi connectivity index (χ4n) is 2.06. The maximum Gasteiger partial charge on any atom is 0.255 e. The van der Waals surface area contributed by atoms with Crippen LogP contribution in [0.3, 0.4) is 0 Å². The lowest BCUT2D eigenvalue weighted by Gasteiger charge is -2.10. The molecule has 0 radical (unpaired) electrons. The van der Waals surface area contributed by atoms with Gasteiger partial charge in [0, 0.05) is 17.3 Å². The Hall–Kier alpha value is -2.49. The lowest BCUT2D eigenvalue weighted by atomic mass is 10.1. The van der Waals surface area contributed by atoms with Crippen molar-refractivity contribution < 1.29 is 9.53 Å². The van der Waals surface area contributed by atoms with Crippen LogP contribution in [0, 0.1) is 13.8 Å². The summed E-state index contributed by atoms with van der Waals surface area (Å²) in [6.45, 7) is 3.92. The van der Waals surface area contributed by atoms with Crippen molar-refractivity contribution in [2.75, 3.05) is 18.2 Å². The molecule has 4 nitrogen and oxygen atoms in total. The summed E-state index contributed by atoms with van der Waals surface area (Å²) in [5, 5.41) is 2.85. The number of nitrogens with two attached hydrogens (primary N) is 1. The number of rotatable bonds is 3. The zero-order chi connectivity index (χ0) is 14.7. The van der Waals surface area contributed by atoms with Crippen molar-refractivity contribution >= 4 is 17.3 Å². The van der Waals surface area contributed by atoms with Crippen LogP contribution in [0.15, 0.2) is 36.4 Å². The Morgan fingerprint density at radius 2 is 1.90 bits per heavy atom. The minimum absolute atomic E-state index is 0.144. The molecule has 2 aromatic rings. The Balaban J connectivity index is 2.23. The standard InChI is InChI=1S/C16H18N2O2/c1-10-4-6-13(11(2)8-10)16(19)18-12-5-7-14(17)15(9-12)20-3/h4-9H,17H2,1-3H3,(H,18,19). The Kier molecular flexibility index (Phi) is 3.94. The molecule has 0 fully saturated rings.